The molecule has 2 aromatic heterocycles. The third-order valence-corrected chi connectivity index (χ3v) is 5.36. The molecular formula is C20H15N5O3S. The van der Waals surface area contributed by atoms with E-state index >= 15 is 0 Å². The van der Waals surface area contributed by atoms with E-state index in [0.29, 0.717) is 10.4 Å². The molecule has 8 nitrogen and oxygen atoms in total. The van der Waals surface area contributed by atoms with E-state index in [0.717, 1.165) is 21.6 Å². The molecule has 144 valence electrons. The van der Waals surface area contributed by atoms with E-state index in [-0.39, 0.29) is 11.6 Å². The average molecular weight is 405 g/mol. The van der Waals surface area contributed by atoms with Gasteiger partial charge in [0, 0.05) is 17.5 Å². The molecule has 0 unspecified atom stereocenters. The van der Waals surface area contributed by atoms with Gasteiger partial charge in [0.1, 0.15) is 4.83 Å². The van der Waals surface area contributed by atoms with E-state index in [1.54, 1.807) is 18.2 Å². The first kappa shape index (κ1) is 18.5. The van der Waals surface area contributed by atoms with Crippen molar-refractivity contribution in [2.75, 3.05) is 0 Å². The Labute approximate surface area is 169 Å². The number of nitro groups is 1. The second-order valence-electron chi connectivity index (χ2n) is 6.21. The van der Waals surface area contributed by atoms with Crippen molar-refractivity contribution >= 4 is 39.4 Å². The molecule has 0 saturated carbocycles. The maximum Gasteiger partial charge on any atom is 0.281 e. The van der Waals surface area contributed by atoms with Crippen molar-refractivity contribution in [3.8, 4) is 5.69 Å². The first-order chi connectivity index (χ1) is 14.0. The molecule has 1 N–H and O–H groups in total. The predicted molar refractivity (Wildman–Crippen MR) is 112 cm³/mol. The molecule has 0 fully saturated rings. The minimum absolute atomic E-state index is 0.000657. The van der Waals surface area contributed by atoms with Gasteiger partial charge in [-0.2, -0.15) is 10.2 Å². The largest absolute Gasteiger partial charge is 0.281 e. The van der Waals surface area contributed by atoms with Gasteiger partial charge >= 0.3 is 0 Å². The summed E-state index contributed by atoms with van der Waals surface area (Å²) < 4.78 is 1.83. The summed E-state index contributed by atoms with van der Waals surface area (Å²) >= 11 is 1.34. The van der Waals surface area contributed by atoms with Gasteiger partial charge in [-0.1, -0.05) is 18.2 Å². The molecule has 0 saturated heterocycles. The van der Waals surface area contributed by atoms with E-state index in [2.05, 4.69) is 15.6 Å². The average Bonchev–Trinajstić information content (AvgIpc) is 3.30. The maximum atomic E-state index is 12.5. The second kappa shape index (κ2) is 7.64. The molecular weight excluding hydrogens is 390 g/mol. The Morgan fingerprint density at radius 3 is 2.62 bits per heavy atom. The van der Waals surface area contributed by atoms with Crippen LogP contribution in [0, 0.1) is 17.0 Å². The highest BCUT2D eigenvalue weighted by Crippen LogP contribution is 2.30. The van der Waals surface area contributed by atoms with Crippen LogP contribution in [0.4, 0.5) is 5.69 Å². The van der Waals surface area contributed by atoms with E-state index in [4.69, 9.17) is 0 Å². The summed E-state index contributed by atoms with van der Waals surface area (Å²) in [5.74, 6) is -0.330. The summed E-state index contributed by atoms with van der Waals surface area (Å²) in [6.07, 6.45) is 1.44. The number of aryl methyl sites for hydroxylation is 1. The number of nitro benzene ring substituents is 1. The van der Waals surface area contributed by atoms with Gasteiger partial charge in [0.15, 0.2) is 0 Å². The van der Waals surface area contributed by atoms with E-state index in [1.807, 2.05) is 41.9 Å². The van der Waals surface area contributed by atoms with Crippen molar-refractivity contribution in [2.24, 2.45) is 5.10 Å². The summed E-state index contributed by atoms with van der Waals surface area (Å²) in [7, 11) is 0. The highest BCUT2D eigenvalue weighted by atomic mass is 32.1. The Morgan fingerprint density at radius 2 is 1.93 bits per heavy atom. The van der Waals surface area contributed by atoms with E-state index in [9.17, 15) is 14.9 Å². The predicted octanol–water partition coefficient (Wildman–Crippen LogP) is 4.07. The van der Waals surface area contributed by atoms with Crippen LogP contribution in [-0.2, 0) is 0 Å². The third-order valence-electron chi connectivity index (χ3n) is 4.25. The third kappa shape index (κ3) is 3.76. The number of non-ortho nitro benzene ring substituents is 1. The first-order valence-electron chi connectivity index (χ1n) is 8.65. The maximum absolute atomic E-state index is 12.5. The first-order valence-corrected chi connectivity index (χ1v) is 9.47. The number of hydrogen-bond donors (Lipinski definition) is 1. The molecule has 1 amide bonds. The van der Waals surface area contributed by atoms with Crippen LogP contribution in [0.25, 0.3) is 15.9 Å². The van der Waals surface area contributed by atoms with Crippen LogP contribution < -0.4 is 5.43 Å². The Hall–Kier alpha value is -3.85. The highest BCUT2D eigenvalue weighted by Gasteiger charge is 2.16. The zero-order valence-electron chi connectivity index (χ0n) is 15.3. The fourth-order valence-electron chi connectivity index (χ4n) is 2.81. The molecule has 4 rings (SSSR count). The number of aromatic nitrogens is 2. The zero-order chi connectivity index (χ0) is 20.4. The van der Waals surface area contributed by atoms with Crippen molar-refractivity contribution in [2.45, 2.75) is 6.92 Å². The minimum Gasteiger partial charge on any atom is -0.266 e. The second-order valence-corrected chi connectivity index (χ2v) is 7.24. The number of benzene rings is 2. The fraction of sp³-hybridized carbons (Fsp3) is 0.0500. The molecule has 0 bridgehead atoms. The van der Waals surface area contributed by atoms with Gasteiger partial charge in [-0.05, 0) is 42.8 Å². The molecule has 0 aliphatic heterocycles. The quantitative estimate of drug-likeness (QED) is 0.307. The number of hydrogen-bond acceptors (Lipinski definition) is 6. The lowest BCUT2D eigenvalue weighted by atomic mass is 10.2. The van der Waals surface area contributed by atoms with Gasteiger partial charge in [0.25, 0.3) is 11.6 Å². The number of rotatable bonds is 5. The van der Waals surface area contributed by atoms with Gasteiger partial charge in [0.05, 0.1) is 27.4 Å². The van der Waals surface area contributed by atoms with E-state index in [1.165, 1.54) is 29.7 Å². The Kier molecular flexibility index (Phi) is 4.88. The number of carbonyl (C=O) groups is 1. The van der Waals surface area contributed by atoms with Crippen LogP contribution in [0.15, 0.2) is 65.8 Å². The van der Waals surface area contributed by atoms with Gasteiger partial charge < -0.3 is 0 Å². The number of hydrazone groups is 1. The fourth-order valence-corrected chi connectivity index (χ4v) is 3.88. The molecule has 0 spiro atoms. The number of para-hydroxylation sites is 1. The molecule has 4 aromatic rings. The topological polar surface area (TPSA) is 102 Å². The Balaban J connectivity index is 1.52. The standard InChI is InChI=1S/C20H15N5O3S/c1-13-17-11-18(29-20(17)24(23-13)15-5-3-2-4-6-15)19(26)22-21-12-14-7-9-16(10-8-14)25(27)28/h2-12H,1H3,(H,22,26). The van der Waals surface area contributed by atoms with Crippen molar-refractivity contribution in [1.82, 2.24) is 15.2 Å². The van der Waals surface area contributed by atoms with Crippen LogP contribution in [0.3, 0.4) is 0 Å². The van der Waals surface area contributed by atoms with Crippen LogP contribution in [0.5, 0.6) is 0 Å². The smallest absolute Gasteiger partial charge is 0.266 e. The summed E-state index contributed by atoms with van der Waals surface area (Å²) in [5.41, 5.74) is 4.90. The molecule has 2 aromatic carbocycles. The zero-order valence-corrected chi connectivity index (χ0v) is 16.1. The van der Waals surface area contributed by atoms with Crippen LogP contribution in [0.2, 0.25) is 0 Å². The summed E-state index contributed by atoms with van der Waals surface area (Å²) in [4.78, 5) is 24.1. The number of amides is 1. The van der Waals surface area contributed by atoms with Gasteiger partial charge in [-0.15, -0.1) is 11.3 Å². The van der Waals surface area contributed by atoms with Crippen LogP contribution in [0.1, 0.15) is 20.9 Å². The number of nitrogens with zero attached hydrogens (tertiary/aromatic N) is 4. The highest BCUT2D eigenvalue weighted by molar-refractivity contribution is 7.20. The van der Waals surface area contributed by atoms with Crippen molar-refractivity contribution in [3.05, 3.63) is 86.9 Å². The van der Waals surface area contributed by atoms with Gasteiger partial charge in [-0.3, -0.25) is 14.9 Å². The minimum atomic E-state index is -0.470. The Morgan fingerprint density at radius 1 is 1.21 bits per heavy atom. The number of thiophene rings is 1. The number of carbonyl (C=O) groups excluding carboxylic acids is 1. The lowest BCUT2D eigenvalue weighted by Crippen LogP contribution is -2.16. The van der Waals surface area contributed by atoms with Gasteiger partial charge in [-0.25, -0.2) is 10.1 Å². The van der Waals surface area contributed by atoms with Crippen molar-refractivity contribution < 1.29 is 9.72 Å². The molecule has 0 aliphatic carbocycles. The summed E-state index contributed by atoms with van der Waals surface area (Å²) in [6.45, 7) is 1.91. The van der Waals surface area contributed by atoms with Gasteiger partial charge in [0.2, 0.25) is 0 Å². The van der Waals surface area contributed by atoms with Crippen LogP contribution >= 0.6 is 11.3 Å². The lowest BCUT2D eigenvalue weighted by Gasteiger charge is -2.01. The number of nitrogens with one attached hydrogen (secondary N) is 1. The lowest BCUT2D eigenvalue weighted by molar-refractivity contribution is -0.384. The monoisotopic (exact) mass is 405 g/mol. The molecule has 9 heteroatoms. The molecule has 0 atom stereocenters. The Bertz CT molecular complexity index is 1230. The normalized spacial score (nSPS) is 11.2. The van der Waals surface area contributed by atoms with E-state index < -0.39 is 4.92 Å². The van der Waals surface area contributed by atoms with Crippen molar-refractivity contribution in [1.29, 1.82) is 0 Å². The summed E-state index contributed by atoms with van der Waals surface area (Å²) in [6, 6.07) is 17.4. The van der Waals surface area contributed by atoms with Crippen molar-refractivity contribution in [3.63, 3.8) is 0 Å². The summed E-state index contributed by atoms with van der Waals surface area (Å²) in [5, 5.41) is 20.1. The number of fused-ring (bicyclic) bond motifs is 1. The van der Waals surface area contributed by atoms with Crippen LogP contribution in [-0.4, -0.2) is 26.8 Å². The molecule has 29 heavy (non-hydrogen) atoms. The SMILES string of the molecule is Cc1nn(-c2ccccc2)c2sc(C(=O)NN=Cc3ccc([N+](=O)[O-])cc3)cc12. The molecule has 0 aliphatic rings. The molecule has 0 radical (unpaired) electrons. The molecule has 2 heterocycles.